The standard InChI is InChI=1S/C21H30N2O4S/c1-15-10-16(2)20(17(3)11-15)28(25,26)22-13-19(24)23(12-18-4-5-18)21(14-22)6-8-27-9-7-21/h10-11,18H,4-9,12-14H2,1-3H3. The van der Waals surface area contributed by atoms with Gasteiger partial charge >= 0.3 is 0 Å². The maximum absolute atomic E-state index is 13.6. The van der Waals surface area contributed by atoms with Gasteiger partial charge in [0.05, 0.1) is 17.0 Å². The number of aryl methyl sites for hydroxylation is 3. The molecule has 1 amide bonds. The van der Waals surface area contributed by atoms with Crippen LogP contribution in [-0.2, 0) is 19.6 Å². The van der Waals surface area contributed by atoms with Crippen molar-refractivity contribution in [2.75, 3.05) is 32.8 Å². The summed E-state index contributed by atoms with van der Waals surface area (Å²) in [6, 6.07) is 3.80. The number of amides is 1. The highest BCUT2D eigenvalue weighted by molar-refractivity contribution is 7.89. The van der Waals surface area contributed by atoms with E-state index in [2.05, 4.69) is 0 Å². The topological polar surface area (TPSA) is 66.9 Å². The molecule has 3 aliphatic rings. The molecule has 2 saturated heterocycles. The lowest BCUT2D eigenvalue weighted by Gasteiger charge is -2.52. The first-order chi connectivity index (χ1) is 13.2. The van der Waals surface area contributed by atoms with E-state index in [9.17, 15) is 13.2 Å². The number of hydrogen-bond acceptors (Lipinski definition) is 4. The van der Waals surface area contributed by atoms with Crippen molar-refractivity contribution in [3.05, 3.63) is 28.8 Å². The highest BCUT2D eigenvalue weighted by atomic mass is 32.2. The van der Waals surface area contributed by atoms with Gasteiger partial charge in [-0.05, 0) is 63.5 Å². The van der Waals surface area contributed by atoms with E-state index in [1.807, 2.05) is 37.8 Å². The van der Waals surface area contributed by atoms with Gasteiger partial charge in [-0.2, -0.15) is 4.31 Å². The number of sulfonamides is 1. The first kappa shape index (κ1) is 19.9. The van der Waals surface area contributed by atoms with Gasteiger partial charge in [0.2, 0.25) is 15.9 Å². The van der Waals surface area contributed by atoms with E-state index in [-0.39, 0.29) is 12.5 Å². The molecule has 0 radical (unpaired) electrons. The maximum atomic E-state index is 13.6. The minimum atomic E-state index is -3.74. The van der Waals surface area contributed by atoms with Crippen LogP contribution in [0.25, 0.3) is 0 Å². The van der Waals surface area contributed by atoms with Gasteiger partial charge in [0, 0.05) is 26.3 Å². The molecule has 1 aliphatic carbocycles. The lowest BCUT2D eigenvalue weighted by atomic mass is 9.85. The molecule has 3 fully saturated rings. The summed E-state index contributed by atoms with van der Waals surface area (Å²) < 4.78 is 34.1. The molecule has 2 heterocycles. The van der Waals surface area contributed by atoms with Crippen LogP contribution in [0, 0.1) is 26.7 Å². The molecular weight excluding hydrogens is 376 g/mol. The Morgan fingerprint density at radius 1 is 1.11 bits per heavy atom. The van der Waals surface area contributed by atoms with Gasteiger partial charge in [0.15, 0.2) is 0 Å². The number of benzene rings is 1. The van der Waals surface area contributed by atoms with E-state index in [1.54, 1.807) is 0 Å². The second kappa shape index (κ2) is 7.11. The molecule has 7 heteroatoms. The van der Waals surface area contributed by atoms with Gasteiger partial charge in [0.25, 0.3) is 0 Å². The van der Waals surface area contributed by atoms with Crippen molar-refractivity contribution in [2.45, 2.75) is 56.9 Å². The smallest absolute Gasteiger partial charge is 0.244 e. The van der Waals surface area contributed by atoms with E-state index >= 15 is 0 Å². The maximum Gasteiger partial charge on any atom is 0.244 e. The van der Waals surface area contributed by atoms with E-state index < -0.39 is 15.6 Å². The van der Waals surface area contributed by atoms with Gasteiger partial charge in [0.1, 0.15) is 0 Å². The Morgan fingerprint density at radius 3 is 2.29 bits per heavy atom. The Morgan fingerprint density at radius 2 is 1.71 bits per heavy atom. The number of carbonyl (C=O) groups excluding carboxylic acids is 1. The van der Waals surface area contributed by atoms with Crippen molar-refractivity contribution in [3.63, 3.8) is 0 Å². The van der Waals surface area contributed by atoms with E-state index in [4.69, 9.17) is 4.74 Å². The molecule has 1 aromatic rings. The third-order valence-corrected chi connectivity index (χ3v) is 8.52. The van der Waals surface area contributed by atoms with Gasteiger partial charge in [-0.25, -0.2) is 8.42 Å². The summed E-state index contributed by atoms with van der Waals surface area (Å²) in [5, 5.41) is 0. The number of piperazine rings is 1. The second-order valence-electron chi connectivity index (χ2n) is 8.79. The molecule has 0 atom stereocenters. The molecule has 0 N–H and O–H groups in total. The van der Waals surface area contributed by atoms with Gasteiger partial charge in [-0.15, -0.1) is 0 Å². The summed E-state index contributed by atoms with van der Waals surface area (Å²) in [5.41, 5.74) is 2.09. The van der Waals surface area contributed by atoms with Crippen LogP contribution in [0.5, 0.6) is 0 Å². The Labute approximate surface area is 167 Å². The predicted molar refractivity (Wildman–Crippen MR) is 107 cm³/mol. The minimum absolute atomic E-state index is 0.0638. The number of nitrogens with zero attached hydrogens (tertiary/aromatic N) is 2. The van der Waals surface area contributed by atoms with Crippen LogP contribution >= 0.6 is 0 Å². The van der Waals surface area contributed by atoms with E-state index in [0.717, 1.165) is 23.2 Å². The van der Waals surface area contributed by atoms with Gasteiger partial charge in [-0.3, -0.25) is 4.79 Å². The van der Waals surface area contributed by atoms with Crippen LogP contribution in [-0.4, -0.2) is 61.9 Å². The zero-order chi connectivity index (χ0) is 20.1. The first-order valence-corrected chi connectivity index (χ1v) is 11.6. The summed E-state index contributed by atoms with van der Waals surface area (Å²) in [6.45, 7) is 7.84. The van der Waals surface area contributed by atoms with Crippen molar-refractivity contribution in [1.82, 2.24) is 9.21 Å². The van der Waals surface area contributed by atoms with Gasteiger partial charge < -0.3 is 9.64 Å². The molecule has 4 rings (SSSR count). The van der Waals surface area contributed by atoms with Crippen LogP contribution in [0.1, 0.15) is 42.4 Å². The number of ether oxygens (including phenoxy) is 1. The Balaban J connectivity index is 1.70. The zero-order valence-corrected chi connectivity index (χ0v) is 17.8. The third kappa shape index (κ3) is 3.48. The summed E-state index contributed by atoms with van der Waals surface area (Å²) >= 11 is 0. The van der Waals surface area contributed by atoms with E-state index in [1.165, 1.54) is 17.1 Å². The van der Waals surface area contributed by atoms with Crippen molar-refractivity contribution < 1.29 is 17.9 Å². The number of carbonyl (C=O) groups is 1. The van der Waals surface area contributed by atoms with Crippen molar-refractivity contribution in [2.24, 2.45) is 5.92 Å². The molecule has 0 unspecified atom stereocenters. The van der Waals surface area contributed by atoms with Crippen molar-refractivity contribution >= 4 is 15.9 Å². The highest BCUT2D eigenvalue weighted by Gasteiger charge is 2.50. The normalized spacial score (nSPS) is 23.4. The van der Waals surface area contributed by atoms with Crippen molar-refractivity contribution in [3.8, 4) is 0 Å². The lowest BCUT2D eigenvalue weighted by molar-refractivity contribution is -0.150. The van der Waals surface area contributed by atoms with Crippen molar-refractivity contribution in [1.29, 1.82) is 0 Å². The lowest BCUT2D eigenvalue weighted by Crippen LogP contribution is -2.67. The molecular formula is C21H30N2O4S. The molecule has 154 valence electrons. The van der Waals surface area contributed by atoms with Gasteiger partial charge in [-0.1, -0.05) is 17.7 Å². The molecule has 2 aliphatic heterocycles. The summed E-state index contributed by atoms with van der Waals surface area (Å²) in [5.74, 6) is 0.513. The molecule has 28 heavy (non-hydrogen) atoms. The zero-order valence-electron chi connectivity index (χ0n) is 17.0. The molecule has 1 aromatic carbocycles. The predicted octanol–water partition coefficient (Wildman–Crippen LogP) is 2.40. The monoisotopic (exact) mass is 406 g/mol. The minimum Gasteiger partial charge on any atom is -0.381 e. The molecule has 6 nitrogen and oxygen atoms in total. The summed E-state index contributed by atoms with van der Waals surface area (Å²) in [6.07, 6.45) is 3.73. The molecule has 0 bridgehead atoms. The van der Waals surface area contributed by atoms with Crippen LogP contribution in [0.15, 0.2) is 17.0 Å². The summed E-state index contributed by atoms with van der Waals surface area (Å²) in [4.78, 5) is 15.5. The molecule has 0 aromatic heterocycles. The average Bonchev–Trinajstić information content (AvgIpc) is 3.42. The van der Waals surface area contributed by atoms with Crippen LogP contribution in [0.3, 0.4) is 0 Å². The first-order valence-electron chi connectivity index (χ1n) is 10.2. The fourth-order valence-electron chi connectivity index (χ4n) is 4.88. The van der Waals surface area contributed by atoms with E-state index in [0.29, 0.717) is 43.4 Å². The highest BCUT2D eigenvalue weighted by Crippen LogP contribution is 2.39. The Kier molecular flexibility index (Phi) is 5.04. The van der Waals surface area contributed by atoms with Crippen LogP contribution < -0.4 is 0 Å². The van der Waals surface area contributed by atoms with Crippen LogP contribution in [0.2, 0.25) is 0 Å². The fourth-order valence-corrected chi connectivity index (χ4v) is 6.76. The fraction of sp³-hybridized carbons (Fsp3) is 0.667. The number of rotatable bonds is 4. The average molecular weight is 407 g/mol. The largest absolute Gasteiger partial charge is 0.381 e. The third-order valence-electron chi connectivity index (χ3n) is 6.42. The summed E-state index contributed by atoms with van der Waals surface area (Å²) in [7, 11) is -3.74. The Hall–Kier alpha value is -1.44. The Bertz CT molecular complexity index is 863. The molecule has 1 saturated carbocycles. The quantitative estimate of drug-likeness (QED) is 0.770. The second-order valence-corrected chi connectivity index (χ2v) is 10.7. The SMILES string of the molecule is Cc1cc(C)c(S(=O)(=O)N2CC(=O)N(CC3CC3)C3(CCOCC3)C2)c(C)c1. The van der Waals surface area contributed by atoms with Crippen LogP contribution in [0.4, 0.5) is 0 Å². The molecule has 1 spiro atoms. The number of hydrogen-bond donors (Lipinski definition) is 0.